The second-order valence-electron chi connectivity index (χ2n) is 4.35. The minimum atomic E-state index is -0.868. The molecule has 94 valence electrons. The number of methoxy groups -OCH3 is 2. The molecule has 1 aromatic heterocycles. The van der Waals surface area contributed by atoms with Crippen LogP contribution in [0.5, 0.6) is 5.75 Å². The molecule has 1 aliphatic heterocycles. The fourth-order valence-corrected chi connectivity index (χ4v) is 2.19. The predicted octanol–water partition coefficient (Wildman–Crippen LogP) is 0.336. The summed E-state index contributed by atoms with van der Waals surface area (Å²) in [5, 5.41) is 13.6. The summed E-state index contributed by atoms with van der Waals surface area (Å²) in [6.07, 6.45) is 1.74. The zero-order chi connectivity index (χ0) is 12.5. The van der Waals surface area contributed by atoms with E-state index in [1.54, 1.807) is 20.4 Å². The molecule has 2 heterocycles. The van der Waals surface area contributed by atoms with Crippen LogP contribution in [0.25, 0.3) is 0 Å². The van der Waals surface area contributed by atoms with Crippen molar-refractivity contribution in [3.63, 3.8) is 0 Å². The van der Waals surface area contributed by atoms with Crippen molar-refractivity contribution in [2.45, 2.75) is 19.1 Å². The van der Waals surface area contributed by atoms with E-state index in [1.165, 1.54) is 0 Å². The molecule has 0 aromatic carbocycles. The third-order valence-electron chi connectivity index (χ3n) is 3.10. The topological polar surface area (TPSA) is 63.6 Å². The van der Waals surface area contributed by atoms with Gasteiger partial charge in [-0.2, -0.15) is 0 Å². The van der Waals surface area contributed by atoms with Gasteiger partial charge in [0.2, 0.25) is 0 Å². The SMILES string of the molecule is COCc1cnc(C)c(OC)c1C1(O)CNC1. The van der Waals surface area contributed by atoms with Crippen LogP contribution < -0.4 is 10.1 Å². The van der Waals surface area contributed by atoms with Crippen molar-refractivity contribution in [2.75, 3.05) is 27.3 Å². The lowest BCUT2D eigenvalue weighted by molar-refractivity contribution is -0.0186. The Bertz CT molecular complexity index is 416. The fourth-order valence-electron chi connectivity index (χ4n) is 2.19. The number of hydrogen-bond acceptors (Lipinski definition) is 5. The van der Waals surface area contributed by atoms with E-state index < -0.39 is 5.60 Å². The Morgan fingerprint density at radius 3 is 2.65 bits per heavy atom. The lowest BCUT2D eigenvalue weighted by Gasteiger charge is -2.40. The largest absolute Gasteiger partial charge is 0.494 e. The number of hydrogen-bond donors (Lipinski definition) is 2. The molecule has 2 rings (SSSR count). The van der Waals surface area contributed by atoms with Gasteiger partial charge < -0.3 is 19.9 Å². The normalized spacial score (nSPS) is 17.6. The molecule has 1 fully saturated rings. The van der Waals surface area contributed by atoms with Gasteiger partial charge >= 0.3 is 0 Å². The first-order valence-corrected chi connectivity index (χ1v) is 5.57. The molecule has 2 N–H and O–H groups in total. The average molecular weight is 238 g/mol. The molecule has 0 aliphatic carbocycles. The molecule has 0 radical (unpaired) electrons. The summed E-state index contributed by atoms with van der Waals surface area (Å²) in [5.74, 6) is 0.656. The Balaban J connectivity index is 2.53. The van der Waals surface area contributed by atoms with Gasteiger partial charge in [-0.3, -0.25) is 4.98 Å². The van der Waals surface area contributed by atoms with Crippen LogP contribution in [0, 0.1) is 6.92 Å². The average Bonchev–Trinajstić information content (AvgIpc) is 2.28. The number of rotatable bonds is 4. The number of nitrogens with one attached hydrogen (secondary N) is 1. The minimum Gasteiger partial charge on any atom is -0.494 e. The van der Waals surface area contributed by atoms with E-state index in [9.17, 15) is 5.11 Å². The molecule has 0 bridgehead atoms. The van der Waals surface area contributed by atoms with Crippen molar-refractivity contribution in [2.24, 2.45) is 0 Å². The second-order valence-corrected chi connectivity index (χ2v) is 4.35. The van der Waals surface area contributed by atoms with Gasteiger partial charge in [-0.05, 0) is 6.92 Å². The van der Waals surface area contributed by atoms with E-state index in [2.05, 4.69) is 10.3 Å². The second kappa shape index (κ2) is 4.60. The van der Waals surface area contributed by atoms with Crippen molar-refractivity contribution in [1.82, 2.24) is 10.3 Å². The summed E-state index contributed by atoms with van der Waals surface area (Å²) in [7, 11) is 3.22. The molecule has 5 nitrogen and oxygen atoms in total. The molecular weight excluding hydrogens is 220 g/mol. The predicted molar refractivity (Wildman–Crippen MR) is 63.0 cm³/mol. The molecule has 0 spiro atoms. The summed E-state index contributed by atoms with van der Waals surface area (Å²) in [6.45, 7) is 3.35. The number of aromatic nitrogens is 1. The summed E-state index contributed by atoms with van der Waals surface area (Å²) in [6, 6.07) is 0. The Morgan fingerprint density at radius 1 is 1.47 bits per heavy atom. The van der Waals surface area contributed by atoms with Crippen molar-refractivity contribution < 1.29 is 14.6 Å². The first-order chi connectivity index (χ1) is 8.12. The summed E-state index contributed by atoms with van der Waals surface area (Å²) >= 11 is 0. The summed E-state index contributed by atoms with van der Waals surface area (Å²) < 4.78 is 10.5. The van der Waals surface area contributed by atoms with E-state index in [4.69, 9.17) is 9.47 Å². The van der Waals surface area contributed by atoms with Crippen LogP contribution in [0.3, 0.4) is 0 Å². The van der Waals surface area contributed by atoms with E-state index >= 15 is 0 Å². The highest BCUT2D eigenvalue weighted by Crippen LogP contribution is 2.37. The molecule has 0 atom stereocenters. The van der Waals surface area contributed by atoms with Crippen LogP contribution in [-0.2, 0) is 16.9 Å². The molecule has 0 unspecified atom stereocenters. The number of aryl methyl sites for hydroxylation is 1. The van der Waals surface area contributed by atoms with Crippen LogP contribution in [0.1, 0.15) is 16.8 Å². The van der Waals surface area contributed by atoms with Gasteiger partial charge in [-0.15, -0.1) is 0 Å². The quantitative estimate of drug-likeness (QED) is 0.791. The van der Waals surface area contributed by atoms with Crippen LogP contribution in [-0.4, -0.2) is 37.4 Å². The van der Waals surface area contributed by atoms with Crippen LogP contribution in [0.2, 0.25) is 0 Å². The van der Waals surface area contributed by atoms with Gasteiger partial charge in [0, 0.05) is 37.5 Å². The van der Waals surface area contributed by atoms with E-state index in [0.717, 1.165) is 16.8 Å². The zero-order valence-corrected chi connectivity index (χ0v) is 10.4. The van der Waals surface area contributed by atoms with Crippen molar-refractivity contribution >= 4 is 0 Å². The molecule has 1 aromatic rings. The smallest absolute Gasteiger partial charge is 0.146 e. The van der Waals surface area contributed by atoms with Gasteiger partial charge in [0.15, 0.2) is 0 Å². The van der Waals surface area contributed by atoms with Crippen molar-refractivity contribution in [1.29, 1.82) is 0 Å². The molecule has 1 saturated heterocycles. The van der Waals surface area contributed by atoms with E-state index in [0.29, 0.717) is 25.4 Å². The molecule has 17 heavy (non-hydrogen) atoms. The highest BCUT2D eigenvalue weighted by molar-refractivity contribution is 5.47. The maximum atomic E-state index is 10.5. The Labute approximate surface area is 101 Å². The number of nitrogens with zero attached hydrogens (tertiary/aromatic N) is 1. The minimum absolute atomic E-state index is 0.418. The third kappa shape index (κ3) is 2.01. The third-order valence-corrected chi connectivity index (χ3v) is 3.10. The van der Waals surface area contributed by atoms with Gasteiger partial charge in [0.05, 0.1) is 19.4 Å². The standard InChI is InChI=1S/C12H18N2O3/c1-8-11(17-3)10(12(15)6-13-7-12)9(4-14-8)5-16-2/h4,13,15H,5-7H2,1-3H3. The zero-order valence-electron chi connectivity index (χ0n) is 10.4. The summed E-state index contributed by atoms with van der Waals surface area (Å²) in [4.78, 5) is 4.26. The first-order valence-electron chi connectivity index (χ1n) is 5.57. The summed E-state index contributed by atoms with van der Waals surface area (Å²) in [5.41, 5.74) is 1.59. The van der Waals surface area contributed by atoms with Gasteiger partial charge in [-0.25, -0.2) is 0 Å². The Kier molecular flexibility index (Phi) is 3.33. The molecule has 5 heteroatoms. The van der Waals surface area contributed by atoms with E-state index in [1.807, 2.05) is 6.92 Å². The Morgan fingerprint density at radius 2 is 2.18 bits per heavy atom. The highest BCUT2D eigenvalue weighted by Gasteiger charge is 2.41. The monoisotopic (exact) mass is 238 g/mol. The number of β-amino-alcohol motifs (C(OH)–C–C–N with tert-alkyl or cyclic N) is 1. The van der Waals surface area contributed by atoms with Crippen LogP contribution in [0.4, 0.5) is 0 Å². The number of ether oxygens (including phenoxy) is 2. The lowest BCUT2D eigenvalue weighted by atomic mass is 9.84. The maximum Gasteiger partial charge on any atom is 0.146 e. The number of aliphatic hydroxyl groups is 1. The van der Waals surface area contributed by atoms with Crippen LogP contribution >= 0.6 is 0 Å². The van der Waals surface area contributed by atoms with Crippen molar-refractivity contribution in [3.05, 3.63) is 23.0 Å². The highest BCUT2D eigenvalue weighted by atomic mass is 16.5. The molecule has 0 saturated carbocycles. The number of pyridine rings is 1. The van der Waals surface area contributed by atoms with Crippen LogP contribution in [0.15, 0.2) is 6.20 Å². The van der Waals surface area contributed by atoms with Crippen molar-refractivity contribution in [3.8, 4) is 5.75 Å². The molecule has 1 aliphatic rings. The molecular formula is C12H18N2O3. The first kappa shape index (κ1) is 12.3. The fraction of sp³-hybridized carbons (Fsp3) is 0.583. The van der Waals surface area contributed by atoms with E-state index in [-0.39, 0.29) is 0 Å². The van der Waals surface area contributed by atoms with Gasteiger partial charge in [0.25, 0.3) is 0 Å². The van der Waals surface area contributed by atoms with Gasteiger partial charge in [0.1, 0.15) is 11.4 Å². The lowest BCUT2D eigenvalue weighted by Crippen LogP contribution is -2.57. The molecule has 0 amide bonds. The van der Waals surface area contributed by atoms with Gasteiger partial charge in [-0.1, -0.05) is 0 Å². The Hall–Kier alpha value is -1.17. The maximum absolute atomic E-state index is 10.5.